The highest BCUT2D eigenvalue weighted by atomic mass is 16.5. The Morgan fingerprint density at radius 3 is 2.43 bits per heavy atom. The van der Waals surface area contributed by atoms with Crippen LogP contribution in [0.15, 0.2) is 54.9 Å². The zero-order chi connectivity index (χ0) is 21.7. The van der Waals surface area contributed by atoms with E-state index in [2.05, 4.69) is 10.1 Å². The van der Waals surface area contributed by atoms with Crippen LogP contribution in [-0.4, -0.2) is 59.3 Å². The van der Waals surface area contributed by atoms with Crippen molar-refractivity contribution in [1.29, 1.82) is 0 Å². The monoisotopic (exact) mass is 407 g/mol. The summed E-state index contributed by atoms with van der Waals surface area (Å²) < 4.78 is 6.78. The highest BCUT2D eigenvalue weighted by Crippen LogP contribution is 2.15. The van der Waals surface area contributed by atoms with E-state index in [1.54, 1.807) is 37.0 Å². The van der Waals surface area contributed by atoms with Crippen LogP contribution >= 0.6 is 0 Å². The molecular formula is C22H25N5O3. The van der Waals surface area contributed by atoms with Crippen molar-refractivity contribution in [1.82, 2.24) is 19.7 Å². The standard InChI is InChI=1S/C22H25N5O3/c1-16-19(13-24-27(16)20-7-5-6-12-23-20)22(29)30-15-21(28)26(4)14-17-8-10-18(11-9-17)25(2)3/h5-13H,14-15H2,1-4H3. The second-order valence-corrected chi connectivity index (χ2v) is 7.13. The Hall–Kier alpha value is -3.68. The highest BCUT2D eigenvalue weighted by molar-refractivity contribution is 5.92. The van der Waals surface area contributed by atoms with E-state index >= 15 is 0 Å². The molecule has 0 spiro atoms. The minimum absolute atomic E-state index is 0.283. The molecule has 8 heteroatoms. The van der Waals surface area contributed by atoms with E-state index in [1.807, 2.05) is 49.3 Å². The van der Waals surface area contributed by atoms with Crippen molar-refractivity contribution in [3.63, 3.8) is 0 Å². The molecule has 0 N–H and O–H groups in total. The summed E-state index contributed by atoms with van der Waals surface area (Å²) in [6, 6.07) is 13.4. The topological polar surface area (TPSA) is 80.6 Å². The Bertz CT molecular complexity index is 1010. The molecule has 0 aliphatic heterocycles. The van der Waals surface area contributed by atoms with Gasteiger partial charge in [-0.2, -0.15) is 5.10 Å². The molecule has 0 fully saturated rings. The fraction of sp³-hybridized carbons (Fsp3) is 0.273. The normalized spacial score (nSPS) is 10.5. The van der Waals surface area contributed by atoms with Gasteiger partial charge in [0.05, 0.1) is 11.9 Å². The number of aromatic nitrogens is 3. The number of esters is 1. The average molecular weight is 407 g/mol. The maximum Gasteiger partial charge on any atom is 0.342 e. The lowest BCUT2D eigenvalue weighted by molar-refractivity contribution is -0.133. The molecule has 0 aliphatic rings. The summed E-state index contributed by atoms with van der Waals surface area (Å²) >= 11 is 0. The number of rotatable bonds is 7. The zero-order valence-electron chi connectivity index (χ0n) is 17.6. The van der Waals surface area contributed by atoms with Crippen molar-refractivity contribution in [3.8, 4) is 5.82 Å². The van der Waals surface area contributed by atoms with E-state index in [1.165, 1.54) is 11.1 Å². The molecular weight excluding hydrogens is 382 g/mol. The van der Waals surface area contributed by atoms with E-state index in [-0.39, 0.29) is 12.5 Å². The minimum atomic E-state index is -0.591. The summed E-state index contributed by atoms with van der Waals surface area (Å²) in [7, 11) is 5.63. The number of pyridine rings is 1. The van der Waals surface area contributed by atoms with E-state index < -0.39 is 5.97 Å². The first-order chi connectivity index (χ1) is 14.4. The molecule has 0 saturated heterocycles. The number of hydrogen-bond acceptors (Lipinski definition) is 6. The van der Waals surface area contributed by atoms with Gasteiger partial charge in [0.2, 0.25) is 0 Å². The molecule has 30 heavy (non-hydrogen) atoms. The van der Waals surface area contributed by atoms with Gasteiger partial charge in [-0.25, -0.2) is 14.5 Å². The summed E-state index contributed by atoms with van der Waals surface area (Å²) in [6.45, 7) is 1.85. The largest absolute Gasteiger partial charge is 0.452 e. The molecule has 1 amide bonds. The predicted octanol–water partition coefficient (Wildman–Crippen LogP) is 2.46. The van der Waals surface area contributed by atoms with Crippen molar-refractivity contribution >= 4 is 17.6 Å². The molecule has 2 heterocycles. The third-order valence-corrected chi connectivity index (χ3v) is 4.72. The quantitative estimate of drug-likeness (QED) is 0.560. The number of hydrogen-bond donors (Lipinski definition) is 0. The van der Waals surface area contributed by atoms with Crippen LogP contribution in [0.5, 0.6) is 0 Å². The molecule has 156 valence electrons. The lowest BCUT2D eigenvalue weighted by atomic mass is 10.2. The summed E-state index contributed by atoms with van der Waals surface area (Å²) in [5.74, 6) is -0.272. The van der Waals surface area contributed by atoms with Crippen LogP contribution in [0.25, 0.3) is 5.82 Å². The van der Waals surface area contributed by atoms with Crippen LogP contribution in [0, 0.1) is 6.92 Å². The Balaban J connectivity index is 1.56. The van der Waals surface area contributed by atoms with Crippen molar-refractivity contribution in [2.24, 2.45) is 0 Å². The molecule has 0 aliphatic carbocycles. The number of amides is 1. The number of benzene rings is 1. The van der Waals surface area contributed by atoms with Crippen LogP contribution in [0.2, 0.25) is 0 Å². The highest BCUT2D eigenvalue weighted by Gasteiger charge is 2.19. The van der Waals surface area contributed by atoms with E-state index in [0.29, 0.717) is 23.6 Å². The van der Waals surface area contributed by atoms with Gasteiger partial charge in [0.25, 0.3) is 5.91 Å². The van der Waals surface area contributed by atoms with Gasteiger partial charge in [0, 0.05) is 39.6 Å². The number of carbonyl (C=O) groups is 2. The van der Waals surface area contributed by atoms with Crippen molar-refractivity contribution < 1.29 is 14.3 Å². The van der Waals surface area contributed by atoms with Crippen LogP contribution in [0.1, 0.15) is 21.6 Å². The summed E-state index contributed by atoms with van der Waals surface area (Å²) in [5, 5.41) is 4.20. The minimum Gasteiger partial charge on any atom is -0.452 e. The fourth-order valence-corrected chi connectivity index (χ4v) is 2.90. The Kier molecular flexibility index (Phi) is 6.46. The first-order valence-corrected chi connectivity index (χ1v) is 9.50. The van der Waals surface area contributed by atoms with Crippen molar-refractivity contribution in [2.45, 2.75) is 13.5 Å². The molecule has 1 aromatic carbocycles. The van der Waals surface area contributed by atoms with Crippen LogP contribution in [0.3, 0.4) is 0 Å². The number of nitrogens with zero attached hydrogens (tertiary/aromatic N) is 5. The Morgan fingerprint density at radius 2 is 1.80 bits per heavy atom. The number of carbonyl (C=O) groups excluding carboxylic acids is 2. The molecule has 0 unspecified atom stereocenters. The molecule has 8 nitrogen and oxygen atoms in total. The molecule has 0 atom stereocenters. The summed E-state index contributed by atoms with van der Waals surface area (Å²) in [6.07, 6.45) is 3.07. The fourth-order valence-electron chi connectivity index (χ4n) is 2.90. The van der Waals surface area contributed by atoms with Crippen molar-refractivity contribution in [3.05, 3.63) is 71.7 Å². The van der Waals surface area contributed by atoms with Crippen LogP contribution < -0.4 is 4.90 Å². The predicted molar refractivity (Wildman–Crippen MR) is 114 cm³/mol. The number of anilines is 1. The van der Waals surface area contributed by atoms with E-state index in [0.717, 1.165) is 11.3 Å². The second kappa shape index (κ2) is 9.21. The maximum absolute atomic E-state index is 12.4. The smallest absolute Gasteiger partial charge is 0.342 e. The Labute approximate surface area is 175 Å². The van der Waals surface area contributed by atoms with Gasteiger partial charge in [0.1, 0.15) is 5.56 Å². The summed E-state index contributed by atoms with van der Waals surface area (Å²) in [4.78, 5) is 32.6. The van der Waals surface area contributed by atoms with E-state index in [9.17, 15) is 9.59 Å². The zero-order valence-corrected chi connectivity index (χ0v) is 17.6. The lowest BCUT2D eigenvalue weighted by Gasteiger charge is -2.18. The van der Waals surface area contributed by atoms with E-state index in [4.69, 9.17) is 4.74 Å². The first-order valence-electron chi connectivity index (χ1n) is 9.50. The van der Waals surface area contributed by atoms with Gasteiger partial charge < -0.3 is 14.5 Å². The van der Waals surface area contributed by atoms with Gasteiger partial charge in [-0.15, -0.1) is 0 Å². The molecule has 0 bridgehead atoms. The molecule has 3 aromatic rings. The SMILES string of the molecule is Cc1c(C(=O)OCC(=O)N(C)Cc2ccc(N(C)C)cc2)cnn1-c1ccccn1. The molecule has 0 saturated carbocycles. The third kappa shape index (κ3) is 4.83. The average Bonchev–Trinajstić information content (AvgIpc) is 3.14. The van der Waals surface area contributed by atoms with Gasteiger partial charge in [-0.1, -0.05) is 18.2 Å². The maximum atomic E-state index is 12.4. The molecule has 3 rings (SSSR count). The second-order valence-electron chi connectivity index (χ2n) is 7.13. The van der Waals surface area contributed by atoms with Crippen molar-refractivity contribution in [2.75, 3.05) is 32.6 Å². The van der Waals surface area contributed by atoms with Crippen LogP contribution in [-0.2, 0) is 16.1 Å². The third-order valence-electron chi connectivity index (χ3n) is 4.72. The number of ether oxygens (including phenoxy) is 1. The molecule has 0 radical (unpaired) electrons. The number of likely N-dealkylation sites (N-methyl/N-ethyl adjacent to an activating group) is 1. The lowest BCUT2D eigenvalue weighted by Crippen LogP contribution is -2.30. The first kappa shape index (κ1) is 21.0. The van der Waals surface area contributed by atoms with Crippen LogP contribution in [0.4, 0.5) is 5.69 Å². The van der Waals surface area contributed by atoms with Gasteiger partial charge in [0.15, 0.2) is 12.4 Å². The summed E-state index contributed by atoms with van der Waals surface area (Å²) in [5.41, 5.74) is 2.98. The van der Waals surface area contributed by atoms with Gasteiger partial charge >= 0.3 is 5.97 Å². The molecule has 2 aromatic heterocycles. The Morgan fingerprint density at radius 1 is 1.07 bits per heavy atom. The van der Waals surface area contributed by atoms with Gasteiger partial charge in [-0.05, 0) is 36.8 Å². The van der Waals surface area contributed by atoms with Gasteiger partial charge in [-0.3, -0.25) is 4.79 Å².